The Morgan fingerprint density at radius 2 is 1.50 bits per heavy atom. The number of thioether (sulfide) groups is 1. The summed E-state index contributed by atoms with van der Waals surface area (Å²) < 4.78 is 53.0. The molecule has 0 spiro atoms. The molecule has 0 fully saturated rings. The van der Waals surface area contributed by atoms with Crippen LogP contribution in [0.25, 0.3) is 0 Å². The number of urea groups is 1. The number of anilines is 3. The van der Waals surface area contributed by atoms with E-state index < -0.39 is 26.7 Å². The van der Waals surface area contributed by atoms with Crippen LogP contribution in [0.2, 0.25) is 0 Å². The Morgan fingerprint density at radius 3 is 2.09 bits per heavy atom. The quantitative estimate of drug-likeness (QED) is 0.204. The number of sulfonamides is 1. The molecule has 3 aromatic carbocycles. The first-order chi connectivity index (χ1) is 16.0. The van der Waals surface area contributed by atoms with Crippen LogP contribution < -0.4 is 15.4 Å². The molecular weight excluding hydrogens is 490 g/mol. The second-order valence-electron chi connectivity index (χ2n) is 6.87. The molecule has 3 aromatic rings. The minimum absolute atomic E-state index is 0.0910. The number of amides is 2. The average molecular weight is 509 g/mol. The fourth-order valence-corrected chi connectivity index (χ4v) is 4.67. The van der Waals surface area contributed by atoms with Crippen molar-refractivity contribution in [2.75, 3.05) is 15.4 Å². The Kier molecular flexibility index (Phi) is 7.68. The molecule has 0 saturated carbocycles. The number of alkyl halides is 2. The number of nitro benzene ring substituents is 1. The third-order valence-electron chi connectivity index (χ3n) is 4.40. The Hall–Kier alpha value is -3.71. The highest BCUT2D eigenvalue weighted by molar-refractivity contribution is 7.99. The Morgan fingerprint density at radius 1 is 0.941 bits per heavy atom. The van der Waals surface area contributed by atoms with Crippen molar-refractivity contribution in [2.24, 2.45) is 0 Å². The van der Waals surface area contributed by atoms with Gasteiger partial charge in [0.2, 0.25) is 0 Å². The van der Waals surface area contributed by atoms with E-state index in [1.807, 2.05) is 0 Å². The maximum Gasteiger partial charge on any atom is 0.323 e. The maximum atomic E-state index is 12.9. The summed E-state index contributed by atoms with van der Waals surface area (Å²) in [4.78, 5) is 22.6. The number of non-ortho nitro benzene ring substituents is 1. The van der Waals surface area contributed by atoms with Crippen molar-refractivity contribution in [2.45, 2.75) is 22.5 Å². The van der Waals surface area contributed by atoms with Crippen molar-refractivity contribution in [1.29, 1.82) is 0 Å². The van der Waals surface area contributed by atoms with Crippen LogP contribution in [0, 0.1) is 17.0 Å². The van der Waals surface area contributed by atoms with E-state index >= 15 is 0 Å². The van der Waals surface area contributed by atoms with Crippen molar-refractivity contribution in [3.05, 3.63) is 82.4 Å². The molecular formula is C21H18F2N4O5S2. The van der Waals surface area contributed by atoms with Crippen LogP contribution in [0.4, 0.5) is 36.3 Å². The molecule has 0 radical (unpaired) electrons. The van der Waals surface area contributed by atoms with Crippen molar-refractivity contribution in [3.63, 3.8) is 0 Å². The smallest absolute Gasteiger partial charge is 0.308 e. The zero-order valence-corrected chi connectivity index (χ0v) is 19.1. The van der Waals surface area contributed by atoms with Crippen molar-refractivity contribution in [1.82, 2.24) is 0 Å². The van der Waals surface area contributed by atoms with E-state index in [2.05, 4.69) is 15.4 Å². The normalized spacial score (nSPS) is 11.2. The van der Waals surface area contributed by atoms with Crippen LogP contribution in [0.15, 0.2) is 76.5 Å². The molecule has 3 rings (SSSR count). The molecule has 2 amide bonds. The van der Waals surface area contributed by atoms with E-state index in [0.717, 1.165) is 0 Å². The van der Waals surface area contributed by atoms with Crippen LogP contribution in [0.5, 0.6) is 0 Å². The topological polar surface area (TPSA) is 130 Å². The summed E-state index contributed by atoms with van der Waals surface area (Å²) in [6.07, 6.45) is 0. The lowest BCUT2D eigenvalue weighted by Gasteiger charge is -2.13. The number of rotatable bonds is 8. The fourth-order valence-electron chi connectivity index (χ4n) is 2.84. The highest BCUT2D eigenvalue weighted by Crippen LogP contribution is 2.28. The lowest BCUT2D eigenvalue weighted by atomic mass is 10.2. The molecule has 13 heteroatoms. The molecule has 0 aromatic heterocycles. The summed E-state index contributed by atoms with van der Waals surface area (Å²) in [5.74, 6) is -2.59. The van der Waals surface area contributed by atoms with E-state index in [0.29, 0.717) is 27.9 Å². The number of hydrogen-bond donors (Lipinski definition) is 3. The van der Waals surface area contributed by atoms with Gasteiger partial charge >= 0.3 is 6.03 Å². The first kappa shape index (κ1) is 24.9. The number of nitrogens with zero attached hydrogens (tertiary/aromatic N) is 1. The lowest BCUT2D eigenvalue weighted by molar-refractivity contribution is -0.384. The van der Waals surface area contributed by atoms with E-state index in [4.69, 9.17) is 0 Å². The molecule has 0 unspecified atom stereocenters. The van der Waals surface area contributed by atoms with Crippen molar-refractivity contribution in [3.8, 4) is 0 Å². The Balaban J connectivity index is 1.71. The van der Waals surface area contributed by atoms with Crippen LogP contribution in [-0.4, -0.2) is 25.1 Å². The van der Waals surface area contributed by atoms with Crippen LogP contribution >= 0.6 is 11.8 Å². The van der Waals surface area contributed by atoms with Crippen LogP contribution in [-0.2, 0) is 10.0 Å². The van der Waals surface area contributed by atoms with Gasteiger partial charge in [0.05, 0.1) is 9.82 Å². The molecule has 0 aliphatic carbocycles. The molecule has 0 aliphatic heterocycles. The molecule has 9 nitrogen and oxygen atoms in total. The standard InChI is InChI=1S/C21H18F2N4O5S2/c1-13-2-3-16(25-21(28)24-14-4-8-17(9-5-14)27(29)30)12-19(13)34(31,32)26-15-6-10-18(11-7-15)33-20(22)23/h2-12,20,26H,1H3,(H2,24,25,28). The summed E-state index contributed by atoms with van der Waals surface area (Å²) in [5.41, 5.74) is 0.965. The third-order valence-corrected chi connectivity index (χ3v) is 6.65. The number of benzene rings is 3. The van der Waals surface area contributed by atoms with Crippen LogP contribution in [0.3, 0.4) is 0 Å². The number of hydrogen-bond acceptors (Lipinski definition) is 6. The highest BCUT2D eigenvalue weighted by atomic mass is 32.2. The van der Waals surface area contributed by atoms with E-state index in [9.17, 15) is 32.1 Å². The number of carbonyl (C=O) groups excluding carboxylic acids is 1. The molecule has 178 valence electrons. The number of carbonyl (C=O) groups is 1. The first-order valence-electron chi connectivity index (χ1n) is 9.54. The van der Waals surface area contributed by atoms with E-state index in [1.54, 1.807) is 6.92 Å². The predicted molar refractivity (Wildman–Crippen MR) is 126 cm³/mol. The molecule has 0 bridgehead atoms. The zero-order valence-electron chi connectivity index (χ0n) is 17.5. The third kappa shape index (κ3) is 6.65. The van der Waals surface area contributed by atoms with Gasteiger partial charge in [0, 0.05) is 34.1 Å². The average Bonchev–Trinajstić information content (AvgIpc) is 2.76. The molecule has 0 atom stereocenters. The van der Waals surface area contributed by atoms with Crippen LogP contribution in [0.1, 0.15) is 5.56 Å². The monoisotopic (exact) mass is 508 g/mol. The summed E-state index contributed by atoms with van der Waals surface area (Å²) >= 11 is 0.347. The van der Waals surface area contributed by atoms with Gasteiger partial charge in [0.15, 0.2) is 0 Å². The summed E-state index contributed by atoms with van der Waals surface area (Å²) in [5, 5.41) is 15.7. The van der Waals surface area contributed by atoms with Gasteiger partial charge in [-0.1, -0.05) is 17.8 Å². The SMILES string of the molecule is Cc1ccc(NC(=O)Nc2ccc([N+](=O)[O-])cc2)cc1S(=O)(=O)Nc1ccc(SC(F)F)cc1. The number of nitro groups is 1. The number of nitrogens with one attached hydrogen (secondary N) is 3. The van der Waals surface area contributed by atoms with Gasteiger partial charge in [-0.05, 0) is 61.0 Å². The minimum atomic E-state index is -4.05. The first-order valence-corrected chi connectivity index (χ1v) is 11.9. The summed E-state index contributed by atoms with van der Waals surface area (Å²) in [7, 11) is -4.05. The zero-order chi connectivity index (χ0) is 24.9. The van der Waals surface area contributed by atoms with Gasteiger partial charge in [0.25, 0.3) is 21.5 Å². The highest BCUT2D eigenvalue weighted by Gasteiger charge is 2.19. The molecule has 0 aliphatic rings. The van der Waals surface area contributed by atoms with Gasteiger partial charge in [-0.3, -0.25) is 14.8 Å². The van der Waals surface area contributed by atoms with Crippen molar-refractivity contribution >= 4 is 50.6 Å². The second-order valence-corrected chi connectivity index (χ2v) is 9.59. The fraction of sp³-hybridized carbons (Fsp3) is 0.0952. The summed E-state index contributed by atoms with van der Waals surface area (Å²) in [6, 6.07) is 14.3. The van der Waals surface area contributed by atoms with Gasteiger partial charge in [-0.15, -0.1) is 0 Å². The Labute approximate surface area is 197 Å². The summed E-state index contributed by atoms with van der Waals surface area (Å²) in [6.45, 7) is 1.58. The number of halogens is 2. The van der Waals surface area contributed by atoms with Gasteiger partial charge < -0.3 is 10.6 Å². The molecule has 34 heavy (non-hydrogen) atoms. The van der Waals surface area contributed by atoms with Crippen molar-refractivity contribution < 1.29 is 26.9 Å². The minimum Gasteiger partial charge on any atom is -0.308 e. The maximum absolute atomic E-state index is 12.9. The molecule has 0 saturated heterocycles. The Bertz CT molecular complexity index is 1300. The molecule has 0 heterocycles. The van der Waals surface area contributed by atoms with E-state index in [-0.39, 0.29) is 22.0 Å². The number of aryl methyl sites for hydroxylation is 1. The lowest BCUT2D eigenvalue weighted by Crippen LogP contribution is -2.20. The van der Waals surface area contributed by atoms with Gasteiger partial charge in [0.1, 0.15) is 0 Å². The van der Waals surface area contributed by atoms with Gasteiger partial charge in [-0.25, -0.2) is 13.2 Å². The van der Waals surface area contributed by atoms with E-state index in [1.165, 1.54) is 66.7 Å². The molecule has 3 N–H and O–H groups in total. The predicted octanol–water partition coefficient (Wildman–Crippen LogP) is 5.66. The second kappa shape index (κ2) is 10.5. The largest absolute Gasteiger partial charge is 0.323 e. The van der Waals surface area contributed by atoms with Gasteiger partial charge in [-0.2, -0.15) is 8.78 Å².